The van der Waals surface area contributed by atoms with Crippen LogP contribution in [0.5, 0.6) is 5.75 Å². The second-order valence-electron chi connectivity index (χ2n) is 4.74. The highest BCUT2D eigenvalue weighted by molar-refractivity contribution is 9.10. The summed E-state index contributed by atoms with van der Waals surface area (Å²) in [7, 11) is 0.491. The van der Waals surface area contributed by atoms with Crippen molar-refractivity contribution in [3.05, 3.63) is 28.2 Å². The van der Waals surface area contributed by atoms with Crippen molar-refractivity contribution in [1.82, 2.24) is 0 Å². The minimum atomic E-state index is -1.08. The van der Waals surface area contributed by atoms with E-state index >= 15 is 0 Å². The zero-order valence-corrected chi connectivity index (χ0v) is 13.8. The highest BCUT2D eigenvalue weighted by Crippen LogP contribution is 2.25. The molecule has 1 aromatic rings. The lowest BCUT2D eigenvalue weighted by Gasteiger charge is -2.07. The first kappa shape index (κ1) is 16.4. The van der Waals surface area contributed by atoms with Crippen molar-refractivity contribution in [3.63, 3.8) is 0 Å². The largest absolute Gasteiger partial charge is 0.496 e. The number of ketones is 1. The topological polar surface area (TPSA) is 43.4 Å². The summed E-state index contributed by atoms with van der Waals surface area (Å²) < 4.78 is 17.6. The Morgan fingerprint density at radius 2 is 2.11 bits per heavy atom. The minimum absolute atomic E-state index is 0.0888. The van der Waals surface area contributed by atoms with Crippen LogP contribution >= 0.6 is 15.9 Å². The molecule has 0 aromatic heterocycles. The molecule has 106 valence electrons. The van der Waals surface area contributed by atoms with Gasteiger partial charge >= 0.3 is 0 Å². The number of hydrogen-bond donors (Lipinski definition) is 0. The van der Waals surface area contributed by atoms with Crippen LogP contribution in [0.15, 0.2) is 22.7 Å². The first-order chi connectivity index (χ1) is 8.93. The predicted molar refractivity (Wildman–Crippen MR) is 82.4 cm³/mol. The van der Waals surface area contributed by atoms with Crippen LogP contribution in [0.2, 0.25) is 0 Å². The van der Waals surface area contributed by atoms with Gasteiger partial charge in [-0.05, 0) is 46.5 Å². The van der Waals surface area contributed by atoms with E-state index in [-0.39, 0.29) is 11.5 Å². The van der Waals surface area contributed by atoms with Crippen molar-refractivity contribution < 1.29 is 13.7 Å². The summed E-state index contributed by atoms with van der Waals surface area (Å²) in [5, 5.41) is 0. The fraction of sp³-hybridized carbons (Fsp3) is 0.500. The highest BCUT2D eigenvalue weighted by Gasteiger charge is 2.13. The molecule has 0 spiro atoms. The molecule has 0 aliphatic heterocycles. The molecule has 1 unspecified atom stereocenters. The molecular weight excluding hydrogens is 328 g/mol. The maximum absolute atomic E-state index is 12.0. The average molecular weight is 347 g/mol. The molecule has 0 fully saturated rings. The molecule has 0 N–H and O–H groups in total. The van der Waals surface area contributed by atoms with Gasteiger partial charge in [0.25, 0.3) is 0 Å². The molecule has 0 saturated heterocycles. The summed E-state index contributed by atoms with van der Waals surface area (Å²) in [4.78, 5) is 12.0. The van der Waals surface area contributed by atoms with Crippen molar-refractivity contribution in [2.45, 2.75) is 20.3 Å². The van der Waals surface area contributed by atoms with E-state index in [2.05, 4.69) is 29.8 Å². The third-order valence-electron chi connectivity index (χ3n) is 2.69. The summed E-state index contributed by atoms with van der Waals surface area (Å²) in [5.74, 6) is 1.77. The number of Topliss-reactive ketones (excluding diaryl/α,β-unsaturated/α-hetero) is 1. The summed E-state index contributed by atoms with van der Waals surface area (Å²) in [6.45, 7) is 4.17. The van der Waals surface area contributed by atoms with Crippen molar-refractivity contribution in [2.24, 2.45) is 5.92 Å². The molecule has 19 heavy (non-hydrogen) atoms. The zero-order chi connectivity index (χ0) is 14.4. The van der Waals surface area contributed by atoms with E-state index in [9.17, 15) is 9.00 Å². The number of hydrogen-bond acceptors (Lipinski definition) is 3. The molecule has 3 nitrogen and oxygen atoms in total. The molecule has 1 atom stereocenters. The van der Waals surface area contributed by atoms with Crippen molar-refractivity contribution in [3.8, 4) is 5.75 Å². The van der Waals surface area contributed by atoms with E-state index in [1.165, 1.54) is 0 Å². The second-order valence-corrected chi connectivity index (χ2v) is 7.17. The predicted octanol–water partition coefficient (Wildman–Crippen LogP) is 3.44. The van der Waals surface area contributed by atoms with Gasteiger partial charge in [0.2, 0.25) is 0 Å². The third-order valence-corrected chi connectivity index (χ3v) is 4.58. The summed E-state index contributed by atoms with van der Waals surface area (Å²) >= 11 is 3.34. The lowest BCUT2D eigenvalue weighted by Crippen LogP contribution is -2.14. The highest BCUT2D eigenvalue weighted by atomic mass is 79.9. The Morgan fingerprint density at radius 1 is 1.42 bits per heavy atom. The fourth-order valence-electron chi connectivity index (χ4n) is 1.51. The monoisotopic (exact) mass is 346 g/mol. The number of ether oxygens (including phenoxy) is 1. The van der Waals surface area contributed by atoms with Crippen LogP contribution in [-0.4, -0.2) is 28.6 Å². The van der Waals surface area contributed by atoms with Crippen LogP contribution < -0.4 is 4.74 Å². The Morgan fingerprint density at radius 3 is 2.63 bits per heavy atom. The quantitative estimate of drug-likeness (QED) is 0.710. The Balaban J connectivity index is 2.63. The number of halogens is 1. The molecular formula is C14H19BrO3S. The summed E-state index contributed by atoms with van der Waals surface area (Å²) in [5.41, 5.74) is 0.561. The first-order valence-corrected chi connectivity index (χ1v) is 8.44. The van der Waals surface area contributed by atoms with Gasteiger partial charge in [0.1, 0.15) is 5.75 Å². The molecule has 0 radical (unpaired) electrons. The Kier molecular flexibility index (Phi) is 6.72. The normalized spacial score (nSPS) is 12.5. The molecule has 1 rings (SSSR count). The average Bonchev–Trinajstić information content (AvgIpc) is 2.36. The van der Waals surface area contributed by atoms with E-state index < -0.39 is 10.8 Å². The van der Waals surface area contributed by atoms with Crippen LogP contribution in [0.3, 0.4) is 0 Å². The van der Waals surface area contributed by atoms with Gasteiger partial charge in [-0.3, -0.25) is 9.00 Å². The van der Waals surface area contributed by atoms with Crippen LogP contribution in [0.25, 0.3) is 0 Å². The molecule has 0 aliphatic rings. The molecule has 0 saturated carbocycles. The molecule has 0 amide bonds. The van der Waals surface area contributed by atoms with Gasteiger partial charge < -0.3 is 4.74 Å². The van der Waals surface area contributed by atoms with Crippen molar-refractivity contribution in [2.75, 3.05) is 18.6 Å². The lowest BCUT2D eigenvalue weighted by molar-refractivity contribution is 0.102. The number of carbonyl (C=O) groups is 1. The molecule has 0 aliphatic carbocycles. The first-order valence-electron chi connectivity index (χ1n) is 6.15. The smallest absolute Gasteiger partial charge is 0.175 e. The molecule has 0 heterocycles. The van der Waals surface area contributed by atoms with Crippen molar-refractivity contribution >= 4 is 32.5 Å². The Hall–Kier alpha value is -0.680. The zero-order valence-electron chi connectivity index (χ0n) is 11.4. The SMILES string of the molecule is COc1ccc(C(=O)CS(=O)CCC(C)C)cc1Br. The van der Waals surface area contributed by atoms with Crippen molar-refractivity contribution in [1.29, 1.82) is 0 Å². The van der Waals surface area contributed by atoms with Crippen LogP contribution in [0.1, 0.15) is 30.6 Å². The molecule has 5 heteroatoms. The van der Waals surface area contributed by atoms with Gasteiger partial charge in [-0.25, -0.2) is 0 Å². The standard InChI is InChI=1S/C14H19BrO3S/c1-10(2)6-7-19(17)9-13(16)11-4-5-14(18-3)12(15)8-11/h4-5,8,10H,6-7,9H2,1-3H3. The van der Waals surface area contributed by atoms with E-state index in [0.29, 0.717) is 23.0 Å². The number of methoxy groups -OCH3 is 1. The van der Waals surface area contributed by atoms with Gasteiger partial charge in [0, 0.05) is 22.1 Å². The van der Waals surface area contributed by atoms with E-state index in [1.807, 2.05) is 0 Å². The number of rotatable bonds is 7. The lowest BCUT2D eigenvalue weighted by atomic mass is 10.1. The van der Waals surface area contributed by atoms with Gasteiger partial charge in [-0.1, -0.05) is 13.8 Å². The number of benzene rings is 1. The second kappa shape index (κ2) is 7.80. The van der Waals surface area contributed by atoms with E-state index in [4.69, 9.17) is 4.74 Å². The van der Waals surface area contributed by atoms with Gasteiger partial charge in [-0.2, -0.15) is 0 Å². The minimum Gasteiger partial charge on any atom is -0.496 e. The fourth-order valence-corrected chi connectivity index (χ4v) is 3.39. The molecule has 0 bridgehead atoms. The Bertz CT molecular complexity index is 472. The maximum atomic E-state index is 12.0. The van der Waals surface area contributed by atoms with E-state index in [0.717, 1.165) is 10.9 Å². The van der Waals surface area contributed by atoms with Crippen LogP contribution in [0.4, 0.5) is 0 Å². The number of carbonyl (C=O) groups excluding carboxylic acids is 1. The molecule has 1 aromatic carbocycles. The third kappa shape index (κ3) is 5.45. The van der Waals surface area contributed by atoms with Crippen LogP contribution in [-0.2, 0) is 10.8 Å². The van der Waals surface area contributed by atoms with Gasteiger partial charge in [-0.15, -0.1) is 0 Å². The van der Waals surface area contributed by atoms with Gasteiger partial charge in [0.15, 0.2) is 5.78 Å². The van der Waals surface area contributed by atoms with E-state index in [1.54, 1.807) is 25.3 Å². The van der Waals surface area contributed by atoms with Gasteiger partial charge in [0.05, 0.1) is 17.3 Å². The summed E-state index contributed by atoms with van der Waals surface area (Å²) in [6, 6.07) is 5.14. The summed E-state index contributed by atoms with van der Waals surface area (Å²) in [6.07, 6.45) is 0.881. The maximum Gasteiger partial charge on any atom is 0.175 e. The Labute approximate surface area is 125 Å². The van der Waals surface area contributed by atoms with Crippen LogP contribution in [0, 0.1) is 5.92 Å².